The van der Waals surface area contributed by atoms with Crippen molar-refractivity contribution in [3.05, 3.63) is 23.8 Å². The average molecular weight is 341 g/mol. The summed E-state index contributed by atoms with van der Waals surface area (Å²) in [7, 11) is 0. The van der Waals surface area contributed by atoms with Gasteiger partial charge in [0.1, 0.15) is 0 Å². The molecule has 1 aromatic rings. The number of piperidine rings is 1. The van der Waals surface area contributed by atoms with Crippen molar-refractivity contribution < 1.29 is 9.59 Å². The molecule has 3 aliphatic rings. The Morgan fingerprint density at radius 2 is 1.60 bits per heavy atom. The van der Waals surface area contributed by atoms with Crippen LogP contribution in [0.25, 0.3) is 0 Å². The van der Waals surface area contributed by atoms with Crippen LogP contribution in [0.2, 0.25) is 0 Å². The van der Waals surface area contributed by atoms with E-state index in [2.05, 4.69) is 10.2 Å². The van der Waals surface area contributed by atoms with Gasteiger partial charge < -0.3 is 15.1 Å². The number of anilines is 2. The maximum atomic E-state index is 13.1. The predicted octanol–water partition coefficient (Wildman–Crippen LogP) is 3.26. The molecule has 0 aromatic heterocycles. The van der Waals surface area contributed by atoms with Crippen LogP contribution in [0.1, 0.15) is 55.3 Å². The van der Waals surface area contributed by atoms with E-state index in [0.29, 0.717) is 0 Å². The zero-order chi connectivity index (χ0) is 17.2. The maximum Gasteiger partial charge on any atom is 0.256 e. The fourth-order valence-electron chi connectivity index (χ4n) is 3.88. The van der Waals surface area contributed by atoms with E-state index in [1.807, 2.05) is 23.1 Å². The van der Waals surface area contributed by atoms with Gasteiger partial charge in [-0.05, 0) is 63.1 Å². The van der Waals surface area contributed by atoms with E-state index in [9.17, 15) is 9.59 Å². The van der Waals surface area contributed by atoms with Crippen LogP contribution in [0, 0.1) is 5.92 Å². The van der Waals surface area contributed by atoms with E-state index in [4.69, 9.17) is 0 Å². The Bertz CT molecular complexity index is 657. The van der Waals surface area contributed by atoms with Crippen molar-refractivity contribution in [3.8, 4) is 0 Å². The number of amides is 2. The van der Waals surface area contributed by atoms with E-state index >= 15 is 0 Å². The first kappa shape index (κ1) is 16.4. The van der Waals surface area contributed by atoms with Crippen LogP contribution in [-0.2, 0) is 4.79 Å². The Balaban J connectivity index is 1.61. The first-order chi connectivity index (χ1) is 12.2. The molecular formula is C20H27N3O2. The molecule has 0 unspecified atom stereocenters. The monoisotopic (exact) mass is 341 g/mol. The number of carbonyl (C=O) groups is 2. The van der Waals surface area contributed by atoms with Gasteiger partial charge in [0.15, 0.2) is 0 Å². The number of carbonyl (C=O) groups excluding carboxylic acids is 2. The van der Waals surface area contributed by atoms with Gasteiger partial charge >= 0.3 is 0 Å². The fraction of sp³-hybridized carbons (Fsp3) is 0.600. The van der Waals surface area contributed by atoms with Crippen molar-refractivity contribution in [2.24, 2.45) is 5.92 Å². The normalized spacial score (nSPS) is 20.6. The van der Waals surface area contributed by atoms with Crippen LogP contribution >= 0.6 is 0 Å². The van der Waals surface area contributed by atoms with Crippen LogP contribution in [0.5, 0.6) is 0 Å². The smallest absolute Gasteiger partial charge is 0.256 e. The average Bonchev–Trinajstić information content (AvgIpc) is 3.36. The maximum absolute atomic E-state index is 13.1. The van der Waals surface area contributed by atoms with Gasteiger partial charge in [-0.15, -0.1) is 0 Å². The zero-order valence-electron chi connectivity index (χ0n) is 14.8. The lowest BCUT2D eigenvalue weighted by Crippen LogP contribution is -2.34. The molecule has 134 valence electrons. The van der Waals surface area contributed by atoms with Gasteiger partial charge in [-0.1, -0.05) is 0 Å². The minimum atomic E-state index is 0.0882. The molecule has 1 aromatic carbocycles. The number of nitrogens with one attached hydrogen (secondary N) is 1. The Morgan fingerprint density at radius 3 is 2.28 bits per heavy atom. The lowest BCUT2D eigenvalue weighted by Gasteiger charge is -2.31. The lowest BCUT2D eigenvalue weighted by molar-refractivity contribution is -0.117. The van der Waals surface area contributed by atoms with Crippen LogP contribution in [0.15, 0.2) is 18.2 Å². The van der Waals surface area contributed by atoms with Crippen molar-refractivity contribution in [2.45, 2.75) is 44.9 Å². The standard InChI is InChI=1S/C20H27N3O2/c24-19(15-6-7-15)21-16-8-9-18(22-10-2-1-3-11-22)17(14-16)20(25)23-12-4-5-13-23/h8-9,14-15H,1-7,10-13H2,(H,21,24). The number of likely N-dealkylation sites (tertiary alicyclic amines) is 1. The van der Waals surface area contributed by atoms with Crippen LogP contribution in [-0.4, -0.2) is 42.9 Å². The summed E-state index contributed by atoms with van der Waals surface area (Å²) in [4.78, 5) is 29.4. The molecule has 2 heterocycles. The molecule has 1 saturated carbocycles. The quantitative estimate of drug-likeness (QED) is 0.914. The van der Waals surface area contributed by atoms with Crippen LogP contribution < -0.4 is 10.2 Å². The molecule has 2 amide bonds. The van der Waals surface area contributed by atoms with Crippen molar-refractivity contribution in [2.75, 3.05) is 36.4 Å². The summed E-state index contributed by atoms with van der Waals surface area (Å²) in [6.07, 6.45) is 7.76. The minimum absolute atomic E-state index is 0.0882. The second-order valence-electron chi connectivity index (χ2n) is 7.54. The number of benzene rings is 1. The molecule has 0 spiro atoms. The van der Waals surface area contributed by atoms with Crippen LogP contribution in [0.4, 0.5) is 11.4 Å². The fourth-order valence-corrected chi connectivity index (χ4v) is 3.88. The van der Waals surface area contributed by atoms with Crippen molar-refractivity contribution in [1.29, 1.82) is 0 Å². The summed E-state index contributed by atoms with van der Waals surface area (Å²) in [5.41, 5.74) is 2.53. The third-order valence-corrected chi connectivity index (χ3v) is 5.53. The summed E-state index contributed by atoms with van der Waals surface area (Å²) >= 11 is 0. The van der Waals surface area contributed by atoms with Crippen LogP contribution in [0.3, 0.4) is 0 Å². The van der Waals surface area contributed by atoms with Gasteiger partial charge in [0, 0.05) is 43.5 Å². The van der Waals surface area contributed by atoms with E-state index in [0.717, 1.165) is 68.8 Å². The molecule has 1 aliphatic carbocycles. The molecule has 0 radical (unpaired) electrons. The van der Waals surface area contributed by atoms with Gasteiger partial charge in [-0.3, -0.25) is 9.59 Å². The predicted molar refractivity (Wildman–Crippen MR) is 99.0 cm³/mol. The molecule has 1 N–H and O–H groups in total. The number of rotatable bonds is 4. The highest BCUT2D eigenvalue weighted by atomic mass is 16.2. The number of nitrogens with zero attached hydrogens (tertiary/aromatic N) is 2. The highest BCUT2D eigenvalue weighted by molar-refractivity contribution is 6.02. The van der Waals surface area contributed by atoms with E-state index in [-0.39, 0.29) is 17.7 Å². The van der Waals surface area contributed by atoms with Crippen molar-refractivity contribution in [3.63, 3.8) is 0 Å². The molecule has 5 heteroatoms. The summed E-state index contributed by atoms with van der Waals surface area (Å²) in [6, 6.07) is 5.87. The molecular weight excluding hydrogens is 314 g/mol. The molecule has 3 fully saturated rings. The zero-order valence-corrected chi connectivity index (χ0v) is 14.8. The van der Waals surface area contributed by atoms with Gasteiger partial charge in [-0.2, -0.15) is 0 Å². The number of hydrogen-bond acceptors (Lipinski definition) is 3. The SMILES string of the molecule is O=C(Nc1ccc(N2CCCCC2)c(C(=O)N2CCCC2)c1)C1CC1. The molecule has 0 atom stereocenters. The molecule has 2 saturated heterocycles. The molecule has 25 heavy (non-hydrogen) atoms. The van der Waals surface area contributed by atoms with E-state index in [1.165, 1.54) is 19.3 Å². The summed E-state index contributed by atoms with van der Waals surface area (Å²) in [5.74, 6) is 0.366. The van der Waals surface area contributed by atoms with Crippen molar-refractivity contribution >= 4 is 23.2 Å². The minimum Gasteiger partial charge on any atom is -0.371 e. The Kier molecular flexibility index (Phi) is 4.64. The first-order valence-corrected chi connectivity index (χ1v) is 9.71. The second-order valence-corrected chi connectivity index (χ2v) is 7.54. The van der Waals surface area contributed by atoms with E-state index in [1.54, 1.807) is 0 Å². The van der Waals surface area contributed by atoms with Gasteiger partial charge in [0.05, 0.1) is 5.56 Å². The van der Waals surface area contributed by atoms with Gasteiger partial charge in [0.25, 0.3) is 5.91 Å². The third-order valence-electron chi connectivity index (χ3n) is 5.53. The highest BCUT2D eigenvalue weighted by Crippen LogP contribution is 2.32. The molecule has 4 rings (SSSR count). The molecule has 5 nitrogen and oxygen atoms in total. The third kappa shape index (κ3) is 3.65. The Hall–Kier alpha value is -2.04. The molecule has 2 aliphatic heterocycles. The largest absolute Gasteiger partial charge is 0.371 e. The van der Waals surface area contributed by atoms with Gasteiger partial charge in [0.2, 0.25) is 5.91 Å². The Labute approximate surface area is 149 Å². The molecule has 0 bridgehead atoms. The van der Waals surface area contributed by atoms with E-state index < -0.39 is 0 Å². The van der Waals surface area contributed by atoms with Gasteiger partial charge in [-0.25, -0.2) is 0 Å². The second kappa shape index (κ2) is 7.06. The summed E-state index contributed by atoms with van der Waals surface area (Å²) in [5, 5.41) is 2.99. The van der Waals surface area contributed by atoms with Crippen molar-refractivity contribution in [1.82, 2.24) is 4.90 Å². The topological polar surface area (TPSA) is 52.7 Å². The highest BCUT2D eigenvalue weighted by Gasteiger charge is 2.30. The Morgan fingerprint density at radius 1 is 0.920 bits per heavy atom. The number of hydrogen-bond donors (Lipinski definition) is 1. The summed E-state index contributed by atoms with van der Waals surface area (Å²) in [6.45, 7) is 3.70. The lowest BCUT2D eigenvalue weighted by atomic mass is 10.1. The summed E-state index contributed by atoms with van der Waals surface area (Å²) < 4.78 is 0. The first-order valence-electron chi connectivity index (χ1n) is 9.71.